The molecule has 27 heavy (non-hydrogen) atoms. The Bertz CT molecular complexity index is 782. The molecule has 0 bridgehead atoms. The van der Waals surface area contributed by atoms with Crippen molar-refractivity contribution < 1.29 is 0 Å². The molecule has 0 saturated carbocycles. The molecule has 0 fully saturated rings. The molecule has 1 nitrogen and oxygen atoms in total. The largest absolute Gasteiger partial charge is 0.324 e. The van der Waals surface area contributed by atoms with Gasteiger partial charge in [-0.05, 0) is 47.3 Å². The van der Waals surface area contributed by atoms with Gasteiger partial charge < -0.3 is 5.73 Å². The van der Waals surface area contributed by atoms with Gasteiger partial charge in [-0.25, -0.2) is 0 Å². The fourth-order valence-corrected chi connectivity index (χ4v) is 3.97. The topological polar surface area (TPSA) is 26.0 Å². The molecule has 0 spiro atoms. The zero-order valence-electron chi connectivity index (χ0n) is 16.5. The Balaban J connectivity index is 1.76. The molecule has 0 radical (unpaired) electrons. The Kier molecular flexibility index (Phi) is 6.84. The molecule has 3 rings (SSSR count). The molecule has 0 aromatic heterocycles. The van der Waals surface area contributed by atoms with Crippen molar-refractivity contribution in [1.29, 1.82) is 0 Å². The van der Waals surface area contributed by atoms with Crippen LogP contribution in [0.15, 0.2) is 91.0 Å². The first-order chi connectivity index (χ1) is 13.1. The minimum atomic E-state index is 0.0654. The van der Waals surface area contributed by atoms with Crippen molar-refractivity contribution in [2.24, 2.45) is 11.7 Å². The average molecular weight is 358 g/mol. The van der Waals surface area contributed by atoms with E-state index in [-0.39, 0.29) is 6.04 Å². The van der Waals surface area contributed by atoms with E-state index in [1.54, 1.807) is 0 Å². The van der Waals surface area contributed by atoms with Crippen LogP contribution in [-0.2, 0) is 0 Å². The van der Waals surface area contributed by atoms with E-state index in [0.29, 0.717) is 17.8 Å². The lowest BCUT2D eigenvalue weighted by Gasteiger charge is -2.28. The summed E-state index contributed by atoms with van der Waals surface area (Å²) in [6.45, 7) is 4.72. The molecule has 3 aromatic carbocycles. The normalized spacial score (nSPS) is 15.7. The smallest absolute Gasteiger partial charge is 0.0300 e. The fraction of sp³-hybridized carbons (Fsp3) is 0.308. The molecule has 140 valence electrons. The molecule has 4 unspecified atom stereocenters. The molecule has 0 aliphatic carbocycles. The van der Waals surface area contributed by atoms with Gasteiger partial charge in [-0.3, -0.25) is 0 Å². The minimum absolute atomic E-state index is 0.0654. The Hall–Kier alpha value is -2.38. The maximum absolute atomic E-state index is 6.60. The highest BCUT2D eigenvalue weighted by Gasteiger charge is 2.23. The highest BCUT2D eigenvalue weighted by atomic mass is 14.6. The maximum atomic E-state index is 6.60. The molecule has 4 atom stereocenters. The van der Waals surface area contributed by atoms with Gasteiger partial charge in [0.25, 0.3) is 0 Å². The third kappa shape index (κ3) is 5.30. The van der Waals surface area contributed by atoms with E-state index in [1.807, 2.05) is 0 Å². The highest BCUT2D eigenvalue weighted by Crippen LogP contribution is 2.37. The second kappa shape index (κ2) is 9.53. The third-order valence-corrected chi connectivity index (χ3v) is 5.87. The zero-order valence-corrected chi connectivity index (χ0v) is 16.5. The maximum Gasteiger partial charge on any atom is 0.0300 e. The summed E-state index contributed by atoms with van der Waals surface area (Å²) < 4.78 is 0. The van der Waals surface area contributed by atoms with Crippen molar-refractivity contribution in [2.45, 2.75) is 44.6 Å². The van der Waals surface area contributed by atoms with Crippen LogP contribution >= 0.6 is 0 Å². The number of hydrogen-bond acceptors (Lipinski definition) is 1. The fourth-order valence-electron chi connectivity index (χ4n) is 3.97. The summed E-state index contributed by atoms with van der Waals surface area (Å²) in [7, 11) is 0. The summed E-state index contributed by atoms with van der Waals surface area (Å²) in [6, 6.07) is 32.3. The standard InChI is InChI=1S/C26H31N/c1-20(21(2)22-12-6-3-7-13-22)18-25(23-14-8-4-9-15-23)19-26(27)24-16-10-5-11-17-24/h3-17,20-21,25-26H,18-19,27H2,1-2H3. The lowest BCUT2D eigenvalue weighted by atomic mass is 9.78. The van der Waals surface area contributed by atoms with E-state index in [2.05, 4.69) is 105 Å². The summed E-state index contributed by atoms with van der Waals surface area (Å²) in [6.07, 6.45) is 2.11. The summed E-state index contributed by atoms with van der Waals surface area (Å²) in [5, 5.41) is 0. The van der Waals surface area contributed by atoms with Crippen LogP contribution in [-0.4, -0.2) is 0 Å². The molecule has 0 aliphatic heterocycles. The first-order valence-electron chi connectivity index (χ1n) is 10.1. The van der Waals surface area contributed by atoms with Gasteiger partial charge in [0.15, 0.2) is 0 Å². The van der Waals surface area contributed by atoms with Gasteiger partial charge in [-0.1, -0.05) is 105 Å². The van der Waals surface area contributed by atoms with E-state index in [0.717, 1.165) is 12.8 Å². The van der Waals surface area contributed by atoms with E-state index in [4.69, 9.17) is 5.73 Å². The molecular formula is C26H31N. The Morgan fingerprint density at radius 3 is 1.56 bits per heavy atom. The van der Waals surface area contributed by atoms with Crippen molar-refractivity contribution in [3.8, 4) is 0 Å². The Morgan fingerprint density at radius 1 is 0.593 bits per heavy atom. The average Bonchev–Trinajstić information content (AvgIpc) is 2.74. The first-order valence-corrected chi connectivity index (χ1v) is 10.1. The Morgan fingerprint density at radius 2 is 1.04 bits per heavy atom. The molecule has 0 amide bonds. The van der Waals surface area contributed by atoms with Crippen LogP contribution in [0, 0.1) is 5.92 Å². The number of nitrogens with two attached hydrogens (primary N) is 1. The van der Waals surface area contributed by atoms with Crippen LogP contribution in [0.3, 0.4) is 0 Å². The second-order valence-corrected chi connectivity index (χ2v) is 7.77. The van der Waals surface area contributed by atoms with Gasteiger partial charge in [0.2, 0.25) is 0 Å². The summed E-state index contributed by atoms with van der Waals surface area (Å²) in [4.78, 5) is 0. The van der Waals surface area contributed by atoms with E-state index in [9.17, 15) is 0 Å². The van der Waals surface area contributed by atoms with Crippen LogP contribution in [0.4, 0.5) is 0 Å². The van der Waals surface area contributed by atoms with Crippen molar-refractivity contribution in [1.82, 2.24) is 0 Å². The predicted octanol–water partition coefficient (Wildman–Crippen LogP) is 6.69. The van der Waals surface area contributed by atoms with E-state index >= 15 is 0 Å². The quantitative estimate of drug-likeness (QED) is 0.477. The van der Waals surface area contributed by atoms with Crippen LogP contribution in [0.2, 0.25) is 0 Å². The van der Waals surface area contributed by atoms with Crippen LogP contribution in [0.25, 0.3) is 0 Å². The zero-order chi connectivity index (χ0) is 19.1. The Labute approximate surface area is 164 Å². The molecule has 0 saturated heterocycles. The molecule has 2 N–H and O–H groups in total. The monoisotopic (exact) mass is 357 g/mol. The SMILES string of the molecule is CC(CC(CC(N)c1ccccc1)c1ccccc1)C(C)c1ccccc1. The van der Waals surface area contributed by atoms with Crippen LogP contribution < -0.4 is 5.73 Å². The highest BCUT2D eigenvalue weighted by molar-refractivity contribution is 5.24. The summed E-state index contributed by atoms with van der Waals surface area (Å²) >= 11 is 0. The van der Waals surface area contributed by atoms with Crippen molar-refractivity contribution in [3.63, 3.8) is 0 Å². The van der Waals surface area contributed by atoms with Gasteiger partial charge in [0, 0.05) is 6.04 Å². The molecule has 1 heteroatoms. The lowest BCUT2D eigenvalue weighted by molar-refractivity contribution is 0.383. The summed E-state index contributed by atoms with van der Waals surface area (Å²) in [5.74, 6) is 1.58. The molecule has 0 heterocycles. The van der Waals surface area contributed by atoms with Crippen molar-refractivity contribution >= 4 is 0 Å². The lowest BCUT2D eigenvalue weighted by Crippen LogP contribution is -2.18. The van der Waals surface area contributed by atoms with Crippen LogP contribution in [0.1, 0.15) is 61.3 Å². The second-order valence-electron chi connectivity index (χ2n) is 7.77. The third-order valence-electron chi connectivity index (χ3n) is 5.87. The molecule has 3 aromatic rings. The molecule has 0 aliphatic rings. The summed E-state index contributed by atoms with van der Waals surface area (Å²) in [5.41, 5.74) is 10.6. The van der Waals surface area contributed by atoms with Gasteiger partial charge in [0.1, 0.15) is 0 Å². The van der Waals surface area contributed by atoms with Crippen LogP contribution in [0.5, 0.6) is 0 Å². The van der Waals surface area contributed by atoms with Gasteiger partial charge in [0.05, 0.1) is 0 Å². The first kappa shape index (κ1) is 19.4. The minimum Gasteiger partial charge on any atom is -0.324 e. The number of hydrogen-bond donors (Lipinski definition) is 1. The van der Waals surface area contributed by atoms with Gasteiger partial charge in [-0.15, -0.1) is 0 Å². The molecular weight excluding hydrogens is 326 g/mol. The van der Waals surface area contributed by atoms with E-state index in [1.165, 1.54) is 16.7 Å². The number of benzene rings is 3. The van der Waals surface area contributed by atoms with Gasteiger partial charge >= 0.3 is 0 Å². The van der Waals surface area contributed by atoms with Gasteiger partial charge in [-0.2, -0.15) is 0 Å². The predicted molar refractivity (Wildman–Crippen MR) is 116 cm³/mol. The van der Waals surface area contributed by atoms with Crippen molar-refractivity contribution in [3.05, 3.63) is 108 Å². The number of rotatable bonds is 8. The van der Waals surface area contributed by atoms with Crippen molar-refractivity contribution in [2.75, 3.05) is 0 Å². The van der Waals surface area contributed by atoms with E-state index < -0.39 is 0 Å².